The van der Waals surface area contributed by atoms with E-state index in [1.165, 1.54) is 0 Å². The first-order chi connectivity index (χ1) is 14.7. The Labute approximate surface area is 175 Å². The monoisotopic (exact) mass is 401 g/mol. The van der Waals surface area contributed by atoms with Gasteiger partial charge in [-0.15, -0.1) is 0 Å². The Morgan fingerprint density at radius 2 is 1.53 bits per heavy atom. The van der Waals surface area contributed by atoms with Crippen molar-refractivity contribution in [2.45, 2.75) is 0 Å². The fourth-order valence-electron chi connectivity index (χ4n) is 3.31. The van der Waals surface area contributed by atoms with Crippen LogP contribution in [0.15, 0.2) is 66.7 Å². The van der Waals surface area contributed by atoms with Crippen LogP contribution in [0, 0.1) is 0 Å². The smallest absolute Gasteiger partial charge is 0.270 e. The average molecular weight is 401 g/mol. The first-order valence-corrected chi connectivity index (χ1v) is 9.97. The Morgan fingerprint density at radius 3 is 2.20 bits per heavy atom. The van der Waals surface area contributed by atoms with Crippen LogP contribution in [0.5, 0.6) is 0 Å². The van der Waals surface area contributed by atoms with Crippen LogP contribution < -0.4 is 10.6 Å². The molecule has 0 unspecified atom stereocenters. The van der Waals surface area contributed by atoms with Gasteiger partial charge in [-0.1, -0.05) is 60.7 Å². The van der Waals surface area contributed by atoms with Gasteiger partial charge in [-0.3, -0.25) is 9.59 Å². The van der Waals surface area contributed by atoms with Gasteiger partial charge in [-0.05, 0) is 6.07 Å². The zero-order valence-corrected chi connectivity index (χ0v) is 16.5. The number of benzene rings is 2. The summed E-state index contributed by atoms with van der Waals surface area (Å²) < 4.78 is 0. The predicted molar refractivity (Wildman–Crippen MR) is 115 cm³/mol. The molecule has 1 aliphatic rings. The lowest BCUT2D eigenvalue weighted by Crippen LogP contribution is -2.49. The van der Waals surface area contributed by atoms with Crippen LogP contribution in [0.2, 0.25) is 0 Å². The van der Waals surface area contributed by atoms with E-state index >= 15 is 0 Å². The number of nitrogens with one attached hydrogen (secondary N) is 2. The second kappa shape index (κ2) is 9.28. The topological polar surface area (TPSA) is 87.2 Å². The summed E-state index contributed by atoms with van der Waals surface area (Å²) in [6.45, 7) is 2.79. The van der Waals surface area contributed by atoms with Gasteiger partial charge in [-0.25, -0.2) is 9.97 Å². The van der Waals surface area contributed by atoms with Gasteiger partial charge in [0.25, 0.3) is 5.91 Å². The van der Waals surface area contributed by atoms with Crippen LogP contribution in [0.4, 0.5) is 0 Å². The summed E-state index contributed by atoms with van der Waals surface area (Å²) in [5.41, 5.74) is 2.60. The fraction of sp³-hybridized carbons (Fsp3) is 0.217. The molecule has 0 atom stereocenters. The van der Waals surface area contributed by atoms with Crippen molar-refractivity contribution in [1.29, 1.82) is 0 Å². The molecule has 0 saturated carbocycles. The molecule has 1 aliphatic heterocycles. The molecule has 2 aromatic carbocycles. The number of carbonyl (C=O) groups excluding carboxylic acids is 2. The number of hydrogen-bond acceptors (Lipinski definition) is 5. The summed E-state index contributed by atoms with van der Waals surface area (Å²) >= 11 is 0. The Bertz CT molecular complexity index is 961. The molecule has 3 aromatic rings. The molecular weight excluding hydrogens is 378 g/mol. The van der Waals surface area contributed by atoms with Crippen molar-refractivity contribution >= 4 is 11.8 Å². The van der Waals surface area contributed by atoms with E-state index in [-0.39, 0.29) is 18.1 Å². The SMILES string of the molecule is O=C(NCC(=O)N1CCNCC1)c1cc(-c2ccccc2)nc(-c2ccccc2)n1. The van der Waals surface area contributed by atoms with Crippen molar-refractivity contribution in [3.63, 3.8) is 0 Å². The third kappa shape index (κ3) is 4.69. The Morgan fingerprint density at radius 1 is 0.900 bits per heavy atom. The highest BCUT2D eigenvalue weighted by atomic mass is 16.2. The van der Waals surface area contributed by atoms with Crippen LogP contribution in [0.25, 0.3) is 22.6 Å². The lowest BCUT2D eigenvalue weighted by atomic mass is 10.1. The molecule has 0 bridgehead atoms. The maximum Gasteiger partial charge on any atom is 0.270 e. The zero-order valence-electron chi connectivity index (χ0n) is 16.5. The number of rotatable bonds is 5. The second-order valence-corrected chi connectivity index (χ2v) is 7.01. The average Bonchev–Trinajstić information content (AvgIpc) is 2.83. The molecule has 7 heteroatoms. The summed E-state index contributed by atoms with van der Waals surface area (Å²) in [7, 11) is 0. The van der Waals surface area contributed by atoms with E-state index in [1.807, 2.05) is 60.7 Å². The molecule has 1 fully saturated rings. The van der Waals surface area contributed by atoms with Crippen molar-refractivity contribution in [3.8, 4) is 22.6 Å². The molecular formula is C23H23N5O2. The molecule has 0 aliphatic carbocycles. The van der Waals surface area contributed by atoms with Crippen LogP contribution in [-0.2, 0) is 4.79 Å². The molecule has 7 nitrogen and oxygen atoms in total. The summed E-state index contributed by atoms with van der Waals surface area (Å²) in [6, 6.07) is 20.8. The van der Waals surface area contributed by atoms with Crippen LogP contribution >= 0.6 is 0 Å². The maximum absolute atomic E-state index is 12.8. The molecule has 2 heterocycles. The van der Waals surface area contributed by atoms with Gasteiger partial charge in [-0.2, -0.15) is 0 Å². The molecule has 1 aromatic heterocycles. The van der Waals surface area contributed by atoms with Gasteiger partial charge >= 0.3 is 0 Å². The highest BCUT2D eigenvalue weighted by Crippen LogP contribution is 2.22. The fourth-order valence-corrected chi connectivity index (χ4v) is 3.31. The van der Waals surface area contributed by atoms with Crippen molar-refractivity contribution in [1.82, 2.24) is 25.5 Å². The van der Waals surface area contributed by atoms with Crippen LogP contribution in [-0.4, -0.2) is 59.4 Å². The molecule has 1 saturated heterocycles. The van der Waals surface area contributed by atoms with Crippen molar-refractivity contribution in [2.75, 3.05) is 32.7 Å². The maximum atomic E-state index is 12.8. The normalized spacial score (nSPS) is 13.7. The van der Waals surface area contributed by atoms with Gasteiger partial charge in [0.15, 0.2) is 5.82 Å². The number of hydrogen-bond donors (Lipinski definition) is 2. The van der Waals surface area contributed by atoms with E-state index in [1.54, 1.807) is 11.0 Å². The zero-order chi connectivity index (χ0) is 20.8. The number of nitrogens with zero attached hydrogens (tertiary/aromatic N) is 3. The van der Waals surface area contributed by atoms with E-state index in [2.05, 4.69) is 20.6 Å². The molecule has 0 spiro atoms. The van der Waals surface area contributed by atoms with Gasteiger partial charge in [0.1, 0.15) is 5.69 Å². The Hall–Kier alpha value is -3.58. The van der Waals surface area contributed by atoms with Gasteiger partial charge < -0.3 is 15.5 Å². The van der Waals surface area contributed by atoms with E-state index in [9.17, 15) is 9.59 Å². The van der Waals surface area contributed by atoms with Crippen LogP contribution in [0.1, 0.15) is 10.5 Å². The van der Waals surface area contributed by atoms with Gasteiger partial charge in [0.2, 0.25) is 5.91 Å². The third-order valence-corrected chi connectivity index (χ3v) is 4.93. The van der Waals surface area contributed by atoms with E-state index in [0.29, 0.717) is 24.6 Å². The summed E-state index contributed by atoms with van der Waals surface area (Å²) in [5, 5.41) is 5.92. The summed E-state index contributed by atoms with van der Waals surface area (Å²) in [6.07, 6.45) is 0. The van der Waals surface area contributed by atoms with Crippen LogP contribution in [0.3, 0.4) is 0 Å². The van der Waals surface area contributed by atoms with Crippen molar-refractivity contribution in [3.05, 3.63) is 72.4 Å². The second-order valence-electron chi connectivity index (χ2n) is 7.01. The molecule has 30 heavy (non-hydrogen) atoms. The minimum atomic E-state index is -0.393. The Kier molecular flexibility index (Phi) is 6.10. The first kappa shape index (κ1) is 19.7. The highest BCUT2D eigenvalue weighted by Gasteiger charge is 2.19. The number of amides is 2. The minimum absolute atomic E-state index is 0.0514. The molecule has 2 N–H and O–H groups in total. The molecule has 2 amide bonds. The quantitative estimate of drug-likeness (QED) is 0.683. The largest absolute Gasteiger partial charge is 0.342 e. The lowest BCUT2D eigenvalue weighted by Gasteiger charge is -2.27. The van der Waals surface area contributed by atoms with Gasteiger partial charge in [0, 0.05) is 37.3 Å². The predicted octanol–water partition coefficient (Wildman–Crippen LogP) is 1.97. The number of aromatic nitrogens is 2. The van der Waals surface area contributed by atoms with E-state index < -0.39 is 5.91 Å². The number of carbonyl (C=O) groups is 2. The highest BCUT2D eigenvalue weighted by molar-refractivity contribution is 5.96. The summed E-state index contributed by atoms with van der Waals surface area (Å²) in [4.78, 5) is 36.0. The van der Waals surface area contributed by atoms with Crippen molar-refractivity contribution in [2.24, 2.45) is 0 Å². The molecule has 0 radical (unpaired) electrons. The van der Waals surface area contributed by atoms with E-state index in [4.69, 9.17) is 0 Å². The Balaban J connectivity index is 1.58. The molecule has 152 valence electrons. The lowest BCUT2D eigenvalue weighted by molar-refractivity contribution is -0.130. The van der Waals surface area contributed by atoms with Gasteiger partial charge in [0.05, 0.1) is 12.2 Å². The molecule has 4 rings (SSSR count). The summed E-state index contributed by atoms with van der Waals surface area (Å²) in [5.74, 6) is -0.0174. The van der Waals surface area contributed by atoms with Crippen molar-refractivity contribution < 1.29 is 9.59 Å². The number of piperazine rings is 1. The minimum Gasteiger partial charge on any atom is -0.342 e. The standard InChI is InChI=1S/C23H23N5O2/c29-21(28-13-11-24-12-14-28)16-25-23(30)20-15-19(17-7-3-1-4-8-17)26-22(27-20)18-9-5-2-6-10-18/h1-10,15,24H,11-14,16H2,(H,25,30). The third-order valence-electron chi connectivity index (χ3n) is 4.93. The van der Waals surface area contributed by atoms with E-state index in [0.717, 1.165) is 24.2 Å². The first-order valence-electron chi connectivity index (χ1n) is 9.97.